The highest BCUT2D eigenvalue weighted by Gasteiger charge is 2.05. The van der Waals surface area contributed by atoms with Gasteiger partial charge in [-0.15, -0.1) is 0 Å². The van der Waals surface area contributed by atoms with Crippen molar-refractivity contribution in [1.29, 1.82) is 0 Å². The number of benzene rings is 2. The van der Waals surface area contributed by atoms with E-state index in [9.17, 15) is 8.78 Å². The first-order valence-corrected chi connectivity index (χ1v) is 6.29. The number of anilines is 1. The fraction of sp³-hybridized carbons (Fsp3) is 0.143. The molecule has 0 saturated heterocycles. The molecule has 0 heterocycles. The van der Waals surface area contributed by atoms with Gasteiger partial charge < -0.3 is 5.32 Å². The summed E-state index contributed by atoms with van der Waals surface area (Å²) < 4.78 is 27.1. The summed E-state index contributed by atoms with van der Waals surface area (Å²) in [5, 5.41) is 2.95. The minimum Gasteiger partial charge on any atom is -0.379 e. The Bertz CT molecular complexity index is 518. The third kappa shape index (κ3) is 3.07. The van der Waals surface area contributed by atoms with E-state index in [1.165, 1.54) is 12.1 Å². The second-order valence-electron chi connectivity index (χ2n) is 4.07. The molecule has 0 aliphatic carbocycles. The van der Waals surface area contributed by atoms with Gasteiger partial charge in [0.05, 0.1) is 5.69 Å². The Labute approximate surface area is 113 Å². The van der Waals surface area contributed by atoms with Gasteiger partial charge in [-0.25, -0.2) is 8.78 Å². The summed E-state index contributed by atoms with van der Waals surface area (Å²) >= 11 is 3.46. The summed E-state index contributed by atoms with van der Waals surface area (Å²) in [5.41, 5.74) is 2.46. The van der Waals surface area contributed by atoms with Gasteiger partial charge in [-0.1, -0.05) is 28.1 Å². The Kier molecular flexibility index (Phi) is 3.97. The maximum Gasteiger partial charge on any atom is 0.149 e. The van der Waals surface area contributed by atoms with E-state index in [-0.39, 0.29) is 0 Å². The molecular weight excluding hydrogens is 300 g/mol. The van der Waals surface area contributed by atoms with Gasteiger partial charge in [0.1, 0.15) is 11.6 Å². The van der Waals surface area contributed by atoms with Gasteiger partial charge in [-0.05, 0) is 36.2 Å². The van der Waals surface area contributed by atoms with Crippen LogP contribution in [0.15, 0.2) is 40.9 Å². The van der Waals surface area contributed by atoms with Crippen molar-refractivity contribution in [2.45, 2.75) is 13.5 Å². The molecule has 2 aromatic carbocycles. The van der Waals surface area contributed by atoms with Crippen molar-refractivity contribution in [2.24, 2.45) is 0 Å². The lowest BCUT2D eigenvalue weighted by Crippen LogP contribution is -2.02. The van der Waals surface area contributed by atoms with Crippen molar-refractivity contribution in [3.63, 3.8) is 0 Å². The van der Waals surface area contributed by atoms with Crippen LogP contribution in [0.3, 0.4) is 0 Å². The number of rotatable bonds is 3. The van der Waals surface area contributed by atoms with Gasteiger partial charge in [0.25, 0.3) is 0 Å². The molecule has 0 bridgehead atoms. The molecule has 94 valence electrons. The van der Waals surface area contributed by atoms with Crippen molar-refractivity contribution in [3.8, 4) is 0 Å². The van der Waals surface area contributed by atoms with Crippen LogP contribution in [0.25, 0.3) is 0 Å². The van der Waals surface area contributed by atoms with E-state index in [4.69, 9.17) is 0 Å². The summed E-state index contributed by atoms with van der Waals surface area (Å²) in [5.74, 6) is -1.16. The van der Waals surface area contributed by atoms with Gasteiger partial charge >= 0.3 is 0 Å². The predicted molar refractivity (Wildman–Crippen MR) is 72.6 cm³/mol. The number of hydrogen-bond donors (Lipinski definition) is 1. The topological polar surface area (TPSA) is 12.0 Å². The summed E-state index contributed by atoms with van der Waals surface area (Å²) in [6.45, 7) is 2.48. The molecule has 1 N–H and O–H groups in total. The third-order valence-electron chi connectivity index (χ3n) is 2.61. The molecule has 0 amide bonds. The highest BCUT2D eigenvalue weighted by molar-refractivity contribution is 9.10. The molecule has 1 nitrogen and oxygen atoms in total. The van der Waals surface area contributed by atoms with E-state index >= 15 is 0 Å². The normalized spacial score (nSPS) is 10.4. The highest BCUT2D eigenvalue weighted by Crippen LogP contribution is 2.21. The lowest BCUT2D eigenvalue weighted by atomic mass is 10.1. The van der Waals surface area contributed by atoms with Gasteiger partial charge in [-0.3, -0.25) is 0 Å². The molecule has 0 radical (unpaired) electrons. The highest BCUT2D eigenvalue weighted by atomic mass is 79.9. The van der Waals surface area contributed by atoms with Crippen molar-refractivity contribution in [2.75, 3.05) is 5.32 Å². The Morgan fingerprint density at radius 2 is 1.89 bits per heavy atom. The standard InChI is InChI=1S/C14H12BrF2N/c1-9-2-3-10(12(15)6-9)8-18-14-5-4-11(16)7-13(14)17/h2-7,18H,8H2,1H3. The van der Waals surface area contributed by atoms with Gasteiger partial charge in [-0.2, -0.15) is 0 Å². The molecule has 18 heavy (non-hydrogen) atoms. The van der Waals surface area contributed by atoms with E-state index in [1.54, 1.807) is 0 Å². The van der Waals surface area contributed by atoms with Crippen molar-refractivity contribution in [1.82, 2.24) is 0 Å². The fourth-order valence-corrected chi connectivity index (χ4v) is 2.25. The number of hydrogen-bond acceptors (Lipinski definition) is 1. The van der Waals surface area contributed by atoms with E-state index in [0.717, 1.165) is 21.7 Å². The molecule has 0 spiro atoms. The van der Waals surface area contributed by atoms with Crippen LogP contribution in [-0.4, -0.2) is 0 Å². The molecule has 0 aromatic heterocycles. The van der Waals surface area contributed by atoms with Crippen LogP contribution in [0.4, 0.5) is 14.5 Å². The van der Waals surface area contributed by atoms with Crippen LogP contribution in [0.1, 0.15) is 11.1 Å². The minimum atomic E-state index is -0.585. The molecule has 0 aliphatic heterocycles. The number of halogens is 3. The zero-order valence-corrected chi connectivity index (χ0v) is 11.4. The van der Waals surface area contributed by atoms with E-state index in [0.29, 0.717) is 12.2 Å². The third-order valence-corrected chi connectivity index (χ3v) is 3.35. The first-order valence-electron chi connectivity index (χ1n) is 5.50. The van der Waals surface area contributed by atoms with Crippen LogP contribution in [0.5, 0.6) is 0 Å². The smallest absolute Gasteiger partial charge is 0.149 e. The number of aryl methyl sites for hydroxylation is 1. The van der Waals surface area contributed by atoms with Gasteiger partial charge in [0.15, 0.2) is 0 Å². The molecule has 2 aromatic rings. The second kappa shape index (κ2) is 5.48. The Morgan fingerprint density at radius 1 is 1.11 bits per heavy atom. The molecular formula is C14H12BrF2N. The average Bonchev–Trinajstić information content (AvgIpc) is 2.30. The van der Waals surface area contributed by atoms with Crippen LogP contribution in [0, 0.1) is 18.6 Å². The Hall–Kier alpha value is -1.42. The quantitative estimate of drug-likeness (QED) is 0.870. The summed E-state index contributed by atoms with van der Waals surface area (Å²) in [7, 11) is 0. The van der Waals surface area contributed by atoms with Gasteiger partial charge in [0.2, 0.25) is 0 Å². The average molecular weight is 312 g/mol. The maximum absolute atomic E-state index is 13.4. The van der Waals surface area contributed by atoms with Crippen molar-refractivity contribution in [3.05, 3.63) is 63.6 Å². The predicted octanol–water partition coefficient (Wildman–Crippen LogP) is 4.65. The van der Waals surface area contributed by atoms with E-state index in [1.807, 2.05) is 25.1 Å². The molecule has 0 unspecified atom stereocenters. The van der Waals surface area contributed by atoms with Crippen LogP contribution >= 0.6 is 15.9 Å². The molecule has 0 aliphatic rings. The second-order valence-corrected chi connectivity index (χ2v) is 4.93. The molecule has 0 fully saturated rings. The van der Waals surface area contributed by atoms with Crippen LogP contribution in [-0.2, 0) is 6.54 Å². The van der Waals surface area contributed by atoms with Crippen molar-refractivity contribution >= 4 is 21.6 Å². The molecule has 0 atom stereocenters. The summed E-state index contributed by atoms with van der Waals surface area (Å²) in [6.07, 6.45) is 0. The summed E-state index contributed by atoms with van der Waals surface area (Å²) in [4.78, 5) is 0. The monoisotopic (exact) mass is 311 g/mol. The fourth-order valence-electron chi connectivity index (χ4n) is 1.62. The minimum absolute atomic E-state index is 0.295. The SMILES string of the molecule is Cc1ccc(CNc2ccc(F)cc2F)c(Br)c1. The zero-order chi connectivity index (χ0) is 13.1. The first-order chi connectivity index (χ1) is 8.56. The molecule has 0 saturated carbocycles. The van der Waals surface area contributed by atoms with E-state index < -0.39 is 11.6 Å². The Balaban J connectivity index is 2.11. The van der Waals surface area contributed by atoms with Crippen LogP contribution < -0.4 is 5.32 Å². The Morgan fingerprint density at radius 3 is 2.56 bits per heavy atom. The largest absolute Gasteiger partial charge is 0.379 e. The van der Waals surface area contributed by atoms with E-state index in [2.05, 4.69) is 21.2 Å². The van der Waals surface area contributed by atoms with Gasteiger partial charge in [0, 0.05) is 17.1 Å². The first kappa shape index (κ1) is 13.0. The lowest BCUT2D eigenvalue weighted by molar-refractivity contribution is 0.585. The van der Waals surface area contributed by atoms with Crippen LogP contribution in [0.2, 0.25) is 0 Å². The molecule has 4 heteroatoms. The zero-order valence-electron chi connectivity index (χ0n) is 9.81. The number of nitrogens with one attached hydrogen (secondary N) is 1. The maximum atomic E-state index is 13.4. The van der Waals surface area contributed by atoms with Crippen molar-refractivity contribution < 1.29 is 8.78 Å². The summed E-state index contributed by atoms with van der Waals surface area (Å²) in [6, 6.07) is 9.45. The lowest BCUT2D eigenvalue weighted by Gasteiger charge is -2.09. The molecule has 2 rings (SSSR count).